The number of nitrogens with zero attached hydrogens (tertiary/aromatic N) is 2. The molecule has 1 aromatic carbocycles. The number of benzene rings is 1. The van der Waals surface area contributed by atoms with Crippen molar-refractivity contribution in [3.05, 3.63) is 28.7 Å². The lowest BCUT2D eigenvalue weighted by atomic mass is 10.1. The Kier molecular flexibility index (Phi) is 5.02. The molecular weight excluding hydrogens is 358 g/mol. The van der Waals surface area contributed by atoms with Crippen molar-refractivity contribution >= 4 is 33.4 Å². The summed E-state index contributed by atoms with van der Waals surface area (Å²) in [6, 6.07) is 7.88. The zero-order chi connectivity index (χ0) is 16.4. The molecule has 0 unspecified atom stereocenters. The van der Waals surface area contributed by atoms with E-state index in [1.807, 2.05) is 36.2 Å². The zero-order valence-corrected chi connectivity index (χ0v) is 14.9. The van der Waals surface area contributed by atoms with Gasteiger partial charge in [0.05, 0.1) is 5.69 Å². The molecule has 3 rings (SSSR count). The van der Waals surface area contributed by atoms with Crippen LogP contribution in [0.5, 0.6) is 0 Å². The van der Waals surface area contributed by atoms with Crippen molar-refractivity contribution in [3.63, 3.8) is 0 Å². The van der Waals surface area contributed by atoms with E-state index in [-0.39, 0.29) is 17.9 Å². The van der Waals surface area contributed by atoms with Crippen LogP contribution in [0.25, 0.3) is 0 Å². The summed E-state index contributed by atoms with van der Waals surface area (Å²) in [6.07, 6.45) is 2.64. The number of anilines is 1. The molecule has 2 fully saturated rings. The number of rotatable bonds is 4. The molecule has 0 aromatic heterocycles. The maximum atomic E-state index is 12.8. The molecule has 23 heavy (non-hydrogen) atoms. The van der Waals surface area contributed by atoms with Gasteiger partial charge >= 0.3 is 0 Å². The van der Waals surface area contributed by atoms with Crippen LogP contribution in [0.2, 0.25) is 0 Å². The summed E-state index contributed by atoms with van der Waals surface area (Å²) in [7, 11) is 1.90. The summed E-state index contributed by atoms with van der Waals surface area (Å²) in [4.78, 5) is 29.2. The molecule has 124 valence electrons. The summed E-state index contributed by atoms with van der Waals surface area (Å²) >= 11 is 3.49. The molecule has 2 aliphatic rings. The first-order valence-electron chi connectivity index (χ1n) is 8.14. The lowest BCUT2D eigenvalue weighted by Crippen LogP contribution is -2.45. The van der Waals surface area contributed by atoms with E-state index in [1.165, 1.54) is 0 Å². The quantitative estimate of drug-likeness (QED) is 0.814. The Balaban J connectivity index is 1.74. The van der Waals surface area contributed by atoms with Crippen LogP contribution in [-0.4, -0.2) is 49.4 Å². The van der Waals surface area contributed by atoms with Gasteiger partial charge in [-0.15, -0.1) is 0 Å². The molecule has 2 amide bonds. The number of carbonyl (C=O) groups excluding carboxylic acids is 2. The summed E-state index contributed by atoms with van der Waals surface area (Å²) in [5.74, 6) is -0.598. The zero-order valence-electron chi connectivity index (χ0n) is 13.3. The fraction of sp³-hybridized carbons (Fsp3) is 0.529. The largest absolute Gasteiger partial charge is 0.338 e. The van der Waals surface area contributed by atoms with Crippen molar-refractivity contribution in [2.75, 3.05) is 31.6 Å². The lowest BCUT2D eigenvalue weighted by Gasteiger charge is -2.27. The number of carbonyl (C=O) groups is 2. The fourth-order valence-corrected chi connectivity index (χ4v) is 4.09. The summed E-state index contributed by atoms with van der Waals surface area (Å²) < 4.78 is 0.885. The molecule has 6 heteroatoms. The molecule has 2 heterocycles. The first kappa shape index (κ1) is 16.5. The fourth-order valence-electron chi connectivity index (χ4n) is 3.59. The minimum absolute atomic E-state index is 0.00213. The average Bonchev–Trinajstić information content (AvgIpc) is 3.15. The second-order valence-corrected chi connectivity index (χ2v) is 7.02. The number of likely N-dealkylation sites (tertiary alicyclic amines) is 1. The molecule has 2 aliphatic heterocycles. The van der Waals surface area contributed by atoms with Gasteiger partial charge < -0.3 is 15.1 Å². The van der Waals surface area contributed by atoms with Crippen LogP contribution in [0.4, 0.5) is 5.69 Å². The van der Waals surface area contributed by atoms with Gasteiger partial charge in [-0.3, -0.25) is 9.59 Å². The predicted molar refractivity (Wildman–Crippen MR) is 93.3 cm³/mol. The average molecular weight is 380 g/mol. The van der Waals surface area contributed by atoms with Gasteiger partial charge in [0, 0.05) is 30.1 Å². The Hall–Kier alpha value is -1.40. The molecule has 0 saturated carbocycles. The predicted octanol–water partition coefficient (Wildman–Crippen LogP) is 2.01. The number of nitrogens with one attached hydrogen (secondary N) is 1. The Morgan fingerprint density at radius 3 is 2.83 bits per heavy atom. The standard InChI is InChI=1S/C17H22BrN3O2/c1-19-11-12-5-4-9-20(12)16(22)13-8-10-21(17(13)23)15-7-3-2-6-14(15)18/h2-3,6-7,12-13,19H,4-5,8-11H2,1H3/t12-,13-/m1/s1. The molecule has 0 spiro atoms. The van der Waals surface area contributed by atoms with Gasteiger partial charge in [-0.25, -0.2) is 0 Å². The van der Waals surface area contributed by atoms with Crippen LogP contribution >= 0.6 is 15.9 Å². The van der Waals surface area contributed by atoms with Gasteiger partial charge in [-0.1, -0.05) is 12.1 Å². The number of hydrogen-bond donors (Lipinski definition) is 1. The van der Waals surface area contributed by atoms with Crippen molar-refractivity contribution in [1.29, 1.82) is 0 Å². The van der Waals surface area contributed by atoms with Crippen molar-refractivity contribution in [3.8, 4) is 0 Å². The van der Waals surface area contributed by atoms with Gasteiger partial charge in [0.25, 0.3) is 0 Å². The topological polar surface area (TPSA) is 52.7 Å². The van der Waals surface area contributed by atoms with Crippen LogP contribution in [0.3, 0.4) is 0 Å². The molecule has 0 aliphatic carbocycles. The number of hydrogen-bond acceptors (Lipinski definition) is 3. The van der Waals surface area contributed by atoms with Gasteiger partial charge in [0.15, 0.2) is 0 Å². The highest BCUT2D eigenvalue weighted by atomic mass is 79.9. The number of amides is 2. The van der Waals surface area contributed by atoms with Crippen LogP contribution in [0, 0.1) is 5.92 Å². The van der Waals surface area contributed by atoms with Gasteiger partial charge in [0.2, 0.25) is 11.8 Å². The third kappa shape index (κ3) is 3.15. The van der Waals surface area contributed by atoms with E-state index in [2.05, 4.69) is 21.2 Å². The first-order chi connectivity index (χ1) is 11.1. The maximum absolute atomic E-state index is 12.8. The first-order valence-corrected chi connectivity index (χ1v) is 8.93. The van der Waals surface area contributed by atoms with Crippen LogP contribution in [0.15, 0.2) is 28.7 Å². The van der Waals surface area contributed by atoms with Gasteiger partial charge in [-0.05, 0) is 54.4 Å². The van der Waals surface area contributed by atoms with E-state index < -0.39 is 5.92 Å². The van der Waals surface area contributed by atoms with E-state index >= 15 is 0 Å². The molecule has 1 N–H and O–H groups in total. The number of halogens is 1. The normalized spacial score (nSPS) is 24.5. The highest BCUT2D eigenvalue weighted by Gasteiger charge is 2.42. The van der Waals surface area contributed by atoms with Crippen molar-refractivity contribution < 1.29 is 9.59 Å². The number of para-hydroxylation sites is 1. The minimum Gasteiger partial charge on any atom is -0.338 e. The summed E-state index contributed by atoms with van der Waals surface area (Å²) in [5, 5.41) is 3.14. The molecule has 0 radical (unpaired) electrons. The van der Waals surface area contributed by atoms with Crippen molar-refractivity contribution in [2.24, 2.45) is 5.92 Å². The van der Waals surface area contributed by atoms with Crippen LogP contribution in [0.1, 0.15) is 19.3 Å². The third-order valence-electron chi connectivity index (χ3n) is 4.75. The molecule has 5 nitrogen and oxygen atoms in total. The van der Waals surface area contributed by atoms with Gasteiger partial charge in [-0.2, -0.15) is 0 Å². The Bertz CT molecular complexity index is 607. The lowest BCUT2D eigenvalue weighted by molar-refractivity contribution is -0.140. The van der Waals surface area contributed by atoms with E-state index in [9.17, 15) is 9.59 Å². The SMILES string of the molecule is CNC[C@H]1CCCN1C(=O)[C@H]1CCN(c2ccccc2Br)C1=O. The molecular formula is C17H22BrN3O2. The Morgan fingerprint density at radius 1 is 1.30 bits per heavy atom. The second kappa shape index (κ2) is 7.01. The molecule has 0 bridgehead atoms. The maximum Gasteiger partial charge on any atom is 0.239 e. The monoisotopic (exact) mass is 379 g/mol. The van der Waals surface area contributed by atoms with Gasteiger partial charge in [0.1, 0.15) is 5.92 Å². The van der Waals surface area contributed by atoms with E-state index in [0.717, 1.165) is 36.1 Å². The second-order valence-electron chi connectivity index (χ2n) is 6.17. The highest BCUT2D eigenvalue weighted by Crippen LogP contribution is 2.33. The Labute approximate surface area is 145 Å². The minimum atomic E-state index is -0.528. The molecule has 1 aromatic rings. The van der Waals surface area contributed by atoms with Crippen LogP contribution < -0.4 is 10.2 Å². The summed E-state index contributed by atoms with van der Waals surface area (Å²) in [6.45, 7) is 2.16. The third-order valence-corrected chi connectivity index (χ3v) is 5.42. The van der Waals surface area contributed by atoms with E-state index in [0.29, 0.717) is 13.0 Å². The molecule has 2 atom stereocenters. The van der Waals surface area contributed by atoms with Crippen molar-refractivity contribution in [1.82, 2.24) is 10.2 Å². The van der Waals surface area contributed by atoms with E-state index in [4.69, 9.17) is 0 Å². The Morgan fingerprint density at radius 2 is 2.09 bits per heavy atom. The molecule has 2 saturated heterocycles. The van der Waals surface area contributed by atoms with Crippen molar-refractivity contribution in [2.45, 2.75) is 25.3 Å². The highest BCUT2D eigenvalue weighted by molar-refractivity contribution is 9.10. The number of likely N-dealkylation sites (N-methyl/N-ethyl adjacent to an activating group) is 1. The summed E-state index contributed by atoms with van der Waals surface area (Å²) in [5.41, 5.74) is 0.848. The van der Waals surface area contributed by atoms with Crippen LogP contribution in [-0.2, 0) is 9.59 Å². The smallest absolute Gasteiger partial charge is 0.239 e. The van der Waals surface area contributed by atoms with E-state index in [1.54, 1.807) is 4.90 Å².